The molecule has 3 aromatic rings. The largest absolute Gasteiger partial charge is 0.332 e. The van der Waals surface area contributed by atoms with E-state index in [-0.39, 0.29) is 10.8 Å². The van der Waals surface area contributed by atoms with Gasteiger partial charge in [0.15, 0.2) is 10.9 Å². The van der Waals surface area contributed by atoms with E-state index in [9.17, 15) is 10.1 Å². The van der Waals surface area contributed by atoms with Crippen molar-refractivity contribution in [2.45, 2.75) is 6.54 Å². The first-order valence-corrected chi connectivity index (χ1v) is 9.29. The zero-order chi connectivity index (χ0) is 19.4. The Morgan fingerprint density at radius 3 is 2.78 bits per heavy atom. The van der Waals surface area contributed by atoms with Crippen molar-refractivity contribution in [3.8, 4) is 0 Å². The van der Waals surface area contributed by atoms with Crippen LogP contribution in [-0.2, 0) is 6.54 Å². The predicted octanol–water partition coefficient (Wildman–Crippen LogP) is 5.06. The number of thiocarbonyl (C=S) groups is 1. The number of nitro groups is 1. The lowest BCUT2D eigenvalue weighted by molar-refractivity contribution is -0.384. The number of nitrogens with one attached hydrogen (secondary N) is 2. The predicted molar refractivity (Wildman–Crippen MR) is 113 cm³/mol. The molecule has 0 fully saturated rings. The Kier molecular flexibility index (Phi) is 6.04. The maximum Gasteiger partial charge on any atom is 0.271 e. The van der Waals surface area contributed by atoms with E-state index >= 15 is 0 Å². The maximum atomic E-state index is 10.9. The molecule has 0 amide bonds. The number of aromatic nitrogens is 2. The van der Waals surface area contributed by atoms with Crippen molar-refractivity contribution < 1.29 is 4.92 Å². The van der Waals surface area contributed by atoms with Crippen molar-refractivity contribution in [3.63, 3.8) is 0 Å². The Morgan fingerprint density at radius 1 is 1.26 bits per heavy atom. The summed E-state index contributed by atoms with van der Waals surface area (Å²) >= 11 is 14.9. The molecule has 138 valence electrons. The molecular weight excluding hydrogens is 454 g/mol. The normalized spacial score (nSPS) is 10.4. The zero-order valence-corrected chi connectivity index (χ0v) is 16.9. The second-order valence-electron chi connectivity index (χ2n) is 5.50. The fourth-order valence-electron chi connectivity index (χ4n) is 2.33. The lowest BCUT2D eigenvalue weighted by Gasteiger charge is -2.09. The molecule has 27 heavy (non-hydrogen) atoms. The molecule has 0 saturated carbocycles. The average molecular weight is 467 g/mol. The van der Waals surface area contributed by atoms with Gasteiger partial charge in [0.2, 0.25) is 0 Å². The Morgan fingerprint density at radius 2 is 2.04 bits per heavy atom. The third-order valence-electron chi connectivity index (χ3n) is 3.55. The minimum Gasteiger partial charge on any atom is -0.332 e. The summed E-state index contributed by atoms with van der Waals surface area (Å²) in [5, 5.41) is 22.1. The molecule has 3 rings (SSSR count). The quantitative estimate of drug-likeness (QED) is 0.310. The van der Waals surface area contributed by atoms with Gasteiger partial charge in [-0.3, -0.25) is 14.8 Å². The highest BCUT2D eigenvalue weighted by Crippen LogP contribution is 2.23. The summed E-state index contributed by atoms with van der Waals surface area (Å²) in [7, 11) is 0. The van der Waals surface area contributed by atoms with Gasteiger partial charge in [0.1, 0.15) is 0 Å². The van der Waals surface area contributed by atoms with Gasteiger partial charge in [0.25, 0.3) is 5.69 Å². The fourth-order valence-corrected chi connectivity index (χ4v) is 3.16. The van der Waals surface area contributed by atoms with Crippen molar-refractivity contribution >= 4 is 62.1 Å². The van der Waals surface area contributed by atoms with Crippen molar-refractivity contribution in [1.29, 1.82) is 0 Å². The van der Waals surface area contributed by atoms with E-state index in [2.05, 4.69) is 31.7 Å². The van der Waals surface area contributed by atoms with Crippen molar-refractivity contribution in [2.24, 2.45) is 0 Å². The first kappa shape index (κ1) is 19.3. The smallest absolute Gasteiger partial charge is 0.271 e. The number of anilines is 2. The summed E-state index contributed by atoms with van der Waals surface area (Å²) in [5.41, 5.74) is 1.43. The Hall–Kier alpha value is -2.49. The average Bonchev–Trinajstić information content (AvgIpc) is 2.96. The van der Waals surface area contributed by atoms with Gasteiger partial charge < -0.3 is 10.6 Å². The number of hydrogen-bond acceptors (Lipinski definition) is 4. The van der Waals surface area contributed by atoms with Gasteiger partial charge in [0.05, 0.1) is 15.9 Å². The second-order valence-corrected chi connectivity index (χ2v) is 7.17. The van der Waals surface area contributed by atoms with Gasteiger partial charge in [0, 0.05) is 29.0 Å². The van der Waals surface area contributed by atoms with Crippen LogP contribution in [0.15, 0.2) is 59.2 Å². The minimum absolute atomic E-state index is 0.0204. The van der Waals surface area contributed by atoms with Crippen LogP contribution in [-0.4, -0.2) is 19.8 Å². The van der Waals surface area contributed by atoms with Crippen LogP contribution in [0.25, 0.3) is 0 Å². The molecule has 0 unspecified atom stereocenters. The standard InChI is InChI=1S/C17H13BrClN5O2S/c18-14-10-23(9-11-4-1-2-7-15(11)19)22-16(14)21-17(27)20-12-5-3-6-13(8-12)24(25)26/h1-8,10H,9H2,(H2,20,21,22,27). The van der Waals surface area contributed by atoms with Crippen LogP contribution in [0.5, 0.6) is 0 Å². The molecule has 0 radical (unpaired) electrons. The summed E-state index contributed by atoms with van der Waals surface area (Å²) < 4.78 is 2.45. The maximum absolute atomic E-state index is 10.9. The van der Waals surface area contributed by atoms with E-state index in [1.54, 1.807) is 16.8 Å². The van der Waals surface area contributed by atoms with Crippen LogP contribution in [0.1, 0.15) is 5.56 Å². The lowest BCUT2D eigenvalue weighted by atomic mass is 10.2. The Bertz CT molecular complexity index is 1010. The summed E-state index contributed by atoms with van der Waals surface area (Å²) in [4.78, 5) is 10.4. The molecule has 2 aromatic carbocycles. The molecule has 0 aliphatic rings. The summed E-state index contributed by atoms with van der Waals surface area (Å²) in [6.07, 6.45) is 1.81. The Balaban J connectivity index is 1.68. The molecule has 0 spiro atoms. The highest BCUT2D eigenvalue weighted by molar-refractivity contribution is 9.10. The number of nitro benzene ring substituents is 1. The summed E-state index contributed by atoms with van der Waals surface area (Å²) in [6.45, 7) is 0.505. The molecule has 0 atom stereocenters. The molecule has 1 aromatic heterocycles. The van der Waals surface area contributed by atoms with Crippen LogP contribution >= 0.6 is 39.7 Å². The van der Waals surface area contributed by atoms with E-state index in [1.807, 2.05) is 30.5 Å². The van der Waals surface area contributed by atoms with Crippen LogP contribution in [0.4, 0.5) is 17.2 Å². The van der Waals surface area contributed by atoms with Crippen molar-refractivity contribution in [1.82, 2.24) is 9.78 Å². The van der Waals surface area contributed by atoms with Gasteiger partial charge in [-0.2, -0.15) is 5.10 Å². The molecule has 0 aliphatic heterocycles. The third-order valence-corrected chi connectivity index (χ3v) is 4.71. The van der Waals surface area contributed by atoms with E-state index in [0.717, 1.165) is 10.0 Å². The molecule has 2 N–H and O–H groups in total. The SMILES string of the molecule is O=[N+]([O-])c1cccc(NC(=S)Nc2nn(Cc3ccccc3Cl)cc2Br)c1. The van der Waals surface area contributed by atoms with Crippen LogP contribution in [0.2, 0.25) is 5.02 Å². The molecule has 1 heterocycles. The second kappa shape index (κ2) is 8.47. The number of benzene rings is 2. The van der Waals surface area contributed by atoms with Gasteiger partial charge in [-0.1, -0.05) is 35.9 Å². The minimum atomic E-state index is -0.464. The Labute approximate surface area is 173 Å². The summed E-state index contributed by atoms with van der Waals surface area (Å²) in [6, 6.07) is 13.6. The van der Waals surface area contributed by atoms with Crippen LogP contribution < -0.4 is 10.6 Å². The molecule has 10 heteroatoms. The molecule has 0 saturated heterocycles. The van der Waals surface area contributed by atoms with E-state index in [4.69, 9.17) is 23.8 Å². The monoisotopic (exact) mass is 465 g/mol. The van der Waals surface area contributed by atoms with E-state index in [1.165, 1.54) is 12.1 Å². The zero-order valence-electron chi connectivity index (χ0n) is 13.7. The number of non-ortho nitro benzene ring substituents is 1. The first-order chi connectivity index (χ1) is 12.9. The topological polar surface area (TPSA) is 85.0 Å². The number of halogens is 2. The van der Waals surface area contributed by atoms with E-state index < -0.39 is 4.92 Å². The number of hydrogen-bond donors (Lipinski definition) is 2. The molecular formula is C17H13BrClN5O2S. The van der Waals surface area contributed by atoms with Crippen molar-refractivity contribution in [2.75, 3.05) is 10.6 Å². The molecule has 0 bridgehead atoms. The highest BCUT2D eigenvalue weighted by Gasteiger charge is 2.11. The van der Waals surface area contributed by atoms with E-state index in [0.29, 0.717) is 23.1 Å². The van der Waals surface area contributed by atoms with Gasteiger partial charge in [-0.05, 0) is 45.8 Å². The lowest BCUT2D eigenvalue weighted by Crippen LogP contribution is -2.19. The fraction of sp³-hybridized carbons (Fsp3) is 0.0588. The first-order valence-electron chi connectivity index (χ1n) is 7.71. The van der Waals surface area contributed by atoms with Gasteiger partial charge in [-0.15, -0.1) is 0 Å². The van der Waals surface area contributed by atoms with Crippen LogP contribution in [0, 0.1) is 10.1 Å². The number of nitrogens with zero attached hydrogens (tertiary/aromatic N) is 3. The molecule has 7 nitrogen and oxygen atoms in total. The number of rotatable bonds is 5. The van der Waals surface area contributed by atoms with Crippen molar-refractivity contribution in [3.05, 3.63) is 79.9 Å². The van der Waals surface area contributed by atoms with Crippen LogP contribution in [0.3, 0.4) is 0 Å². The van der Waals surface area contributed by atoms with Gasteiger partial charge in [-0.25, -0.2) is 0 Å². The van der Waals surface area contributed by atoms with Gasteiger partial charge >= 0.3 is 0 Å². The molecule has 0 aliphatic carbocycles. The third kappa shape index (κ3) is 5.03. The highest BCUT2D eigenvalue weighted by atomic mass is 79.9. The summed E-state index contributed by atoms with van der Waals surface area (Å²) in [5.74, 6) is 0.519.